The molecule has 55 heavy (non-hydrogen) atoms. The molecular formula is C46H59N3O4Si2. The molecule has 2 saturated heterocycles. The van der Waals surface area contributed by atoms with Crippen LogP contribution >= 0.6 is 0 Å². The first-order valence-electron chi connectivity index (χ1n) is 19.2. The average molecular weight is 774 g/mol. The number of fused-ring (bicyclic) bond motifs is 1. The van der Waals surface area contributed by atoms with Crippen LogP contribution in [-0.4, -0.2) is 82.4 Å². The van der Waals surface area contributed by atoms with Crippen LogP contribution in [0.1, 0.15) is 65.2 Å². The number of methoxy groups -OCH3 is 1. The topological polar surface area (TPSA) is 73.1 Å². The zero-order valence-electron chi connectivity index (χ0n) is 34.9. The molecule has 0 saturated carbocycles. The van der Waals surface area contributed by atoms with Gasteiger partial charge >= 0.3 is 0 Å². The monoisotopic (exact) mass is 773 g/mol. The summed E-state index contributed by atoms with van der Waals surface area (Å²) in [4.78, 5) is 16.6. The lowest BCUT2D eigenvalue weighted by atomic mass is 9.76. The summed E-state index contributed by atoms with van der Waals surface area (Å²) in [6, 6.07) is 31.3. The molecule has 2 aliphatic heterocycles. The molecule has 3 aromatic carbocycles. The molecule has 7 nitrogen and oxygen atoms in total. The molecule has 3 aromatic rings. The van der Waals surface area contributed by atoms with Crippen LogP contribution in [0.4, 0.5) is 0 Å². The van der Waals surface area contributed by atoms with E-state index in [0.29, 0.717) is 23.6 Å². The summed E-state index contributed by atoms with van der Waals surface area (Å²) < 4.78 is 21.0. The lowest BCUT2D eigenvalue weighted by molar-refractivity contribution is -0.462. The summed E-state index contributed by atoms with van der Waals surface area (Å²) in [5, 5.41) is 10.6. The van der Waals surface area contributed by atoms with Gasteiger partial charge in [0.25, 0.3) is 0 Å². The smallest absolute Gasteiger partial charge is 0.248 e. The van der Waals surface area contributed by atoms with Gasteiger partial charge in [0, 0.05) is 5.57 Å². The Labute approximate surface area is 331 Å². The van der Waals surface area contributed by atoms with Crippen LogP contribution in [0.5, 0.6) is 0 Å². The highest BCUT2D eigenvalue weighted by molar-refractivity contribution is 6.74. The van der Waals surface area contributed by atoms with Gasteiger partial charge in [0.1, 0.15) is 11.8 Å². The average Bonchev–Trinajstić information content (AvgIpc) is 3.71. The minimum atomic E-state index is -2.35. The minimum absolute atomic E-state index is 0.00642. The van der Waals surface area contributed by atoms with Crippen LogP contribution < -0.4 is 0 Å². The fourth-order valence-corrected chi connectivity index (χ4v) is 8.93. The second-order valence-corrected chi connectivity index (χ2v) is 27.3. The molecule has 2 heterocycles. The standard InChI is InChI=1S/C46H59N3O4Si2/c1-34(43(51-8)41(53-55(11,12)45(5,6)7)29-22-30-52-54(9,10)44(2,3)4)40(50)33-48-32-39-42(38(48)31-47)49(39)46(35-23-16-13-17-24-35,36-25-18-14-19-26-36)37-27-20-15-21-28-37/h13-21,23-28,33,39,41-42H,30,32H2,1-12H3/b43-34+,48-33?/t39-,41?,42+,49?/m0/s1. The Balaban J connectivity index is 1.50. The normalized spacial score (nSPS) is 20.5. The number of rotatable bonds is 12. The van der Waals surface area contributed by atoms with Crippen molar-refractivity contribution in [3.63, 3.8) is 0 Å². The molecular weight excluding hydrogens is 715 g/mol. The predicted molar refractivity (Wildman–Crippen MR) is 229 cm³/mol. The van der Waals surface area contributed by atoms with Crippen molar-refractivity contribution in [2.45, 2.75) is 108 Å². The van der Waals surface area contributed by atoms with Crippen molar-refractivity contribution in [3.05, 3.63) is 130 Å². The summed E-state index contributed by atoms with van der Waals surface area (Å²) in [5.41, 5.74) is 3.67. The van der Waals surface area contributed by atoms with Gasteiger partial charge in [-0.1, -0.05) is 144 Å². The molecule has 2 fully saturated rings. The van der Waals surface area contributed by atoms with E-state index in [0.717, 1.165) is 16.7 Å². The largest absolute Gasteiger partial charge is 0.758 e. The first kappa shape index (κ1) is 42.0. The first-order chi connectivity index (χ1) is 25.8. The van der Waals surface area contributed by atoms with Crippen molar-refractivity contribution in [2.24, 2.45) is 0 Å². The van der Waals surface area contributed by atoms with Crippen LogP contribution in [0.15, 0.2) is 108 Å². The molecule has 2 aliphatic rings. The van der Waals surface area contributed by atoms with Gasteiger partial charge in [-0.2, -0.15) is 10.4 Å². The summed E-state index contributed by atoms with van der Waals surface area (Å²) in [6.07, 6.45) is 0.806. The number of benzene rings is 3. The van der Waals surface area contributed by atoms with E-state index in [4.69, 9.17) is 13.6 Å². The number of hydrogen-bond acceptors (Lipinski definition) is 5. The Morgan fingerprint density at radius 1 is 0.855 bits per heavy atom. The number of allylic oxidation sites excluding steroid dienone is 1. The van der Waals surface area contributed by atoms with Crippen molar-refractivity contribution in [3.8, 4) is 11.8 Å². The molecule has 0 N–H and O–H groups in total. The number of carbonyl (C=O) groups is 1. The van der Waals surface area contributed by atoms with Crippen LogP contribution in [-0.2, 0) is 23.9 Å². The third-order valence-electron chi connectivity index (χ3n) is 12.2. The molecule has 2 unspecified atom stereocenters. The molecule has 5 rings (SSSR count). The summed E-state index contributed by atoms with van der Waals surface area (Å²) in [7, 11) is -2.80. The second kappa shape index (κ2) is 16.1. The number of piperazine rings is 1. The summed E-state index contributed by atoms with van der Waals surface area (Å²) >= 11 is 0. The zero-order chi connectivity index (χ0) is 40.4. The van der Waals surface area contributed by atoms with Gasteiger partial charge in [-0.05, 0) is 59.9 Å². The number of nitrogens with zero attached hydrogens (tertiary/aromatic N) is 3. The number of ketones is 1. The van der Waals surface area contributed by atoms with Gasteiger partial charge in [0.2, 0.25) is 17.7 Å². The molecule has 290 valence electrons. The van der Waals surface area contributed by atoms with E-state index in [2.05, 4.69) is 163 Å². The molecule has 0 bridgehead atoms. The van der Waals surface area contributed by atoms with E-state index < -0.39 is 28.3 Å². The van der Waals surface area contributed by atoms with Crippen LogP contribution in [0, 0.1) is 11.8 Å². The minimum Gasteiger partial charge on any atom is -0.758 e. The molecule has 0 aromatic heterocycles. The first-order valence-corrected chi connectivity index (χ1v) is 25.1. The van der Waals surface area contributed by atoms with Gasteiger partial charge in [-0.25, -0.2) is 0 Å². The van der Waals surface area contributed by atoms with E-state index in [9.17, 15) is 10.2 Å². The molecule has 0 radical (unpaired) electrons. The van der Waals surface area contributed by atoms with Gasteiger partial charge < -0.3 is 19.0 Å². The highest BCUT2D eigenvalue weighted by atomic mass is 28.4. The summed E-state index contributed by atoms with van der Waals surface area (Å²) in [6.45, 7) is 24.4. The molecule has 9 heteroatoms. The van der Waals surface area contributed by atoms with Crippen molar-refractivity contribution in [1.82, 2.24) is 4.90 Å². The number of carbonyl (C=O) groups excluding carboxylic acids is 1. The van der Waals surface area contributed by atoms with Gasteiger partial charge in [-0.3, -0.25) is 9.69 Å². The van der Waals surface area contributed by atoms with E-state index in [1.165, 1.54) is 0 Å². The Bertz CT molecular complexity index is 1930. The van der Waals surface area contributed by atoms with Gasteiger partial charge in [0.15, 0.2) is 29.3 Å². The van der Waals surface area contributed by atoms with E-state index in [-0.39, 0.29) is 34.6 Å². The highest BCUT2D eigenvalue weighted by Gasteiger charge is 2.69. The van der Waals surface area contributed by atoms with E-state index in [1.807, 2.05) is 22.8 Å². The fourth-order valence-electron chi connectivity index (χ4n) is 6.95. The lowest BCUT2D eigenvalue weighted by Gasteiger charge is -2.39. The third kappa shape index (κ3) is 8.36. The van der Waals surface area contributed by atoms with Crippen LogP contribution in [0.2, 0.25) is 36.3 Å². The van der Waals surface area contributed by atoms with Crippen molar-refractivity contribution >= 4 is 34.5 Å². The highest BCUT2D eigenvalue weighted by Crippen LogP contribution is 2.55. The van der Waals surface area contributed by atoms with Crippen LogP contribution in [0.3, 0.4) is 0 Å². The molecule has 0 amide bonds. The predicted octanol–water partition coefficient (Wildman–Crippen LogP) is 9.16. The Kier molecular flexibility index (Phi) is 12.3. The molecule has 4 atom stereocenters. The number of ether oxygens (including phenoxy) is 1. The van der Waals surface area contributed by atoms with Gasteiger partial charge in [0.05, 0.1) is 25.3 Å². The number of Topliss-reactive ketones (excluding diaryl/α,β-unsaturated/α-hetero) is 1. The van der Waals surface area contributed by atoms with Crippen LogP contribution in [0.25, 0.3) is 5.41 Å². The van der Waals surface area contributed by atoms with Crippen molar-refractivity contribution < 1.29 is 23.0 Å². The molecule has 0 spiro atoms. The number of hydrogen-bond donors (Lipinski definition) is 0. The quantitative estimate of drug-likeness (QED) is 0.0269. The maximum Gasteiger partial charge on any atom is 0.248 e. The summed E-state index contributed by atoms with van der Waals surface area (Å²) in [5.74, 6) is 9.13. The SMILES string of the molecule is CO/C(=C(\C)C(=O)C=[N+]1C[C@H]2[C@@H](C1=C=[N-])N2C(c1ccccc1)(c1ccccc1)c1ccccc1)C(C#CCO[Si](C)(C)C(C)(C)C)O[Si](C)(C)C(C)(C)C. The Morgan fingerprint density at radius 2 is 1.33 bits per heavy atom. The third-order valence-corrected chi connectivity index (χ3v) is 21.1. The fraction of sp³-hybridized carbons (Fsp3) is 0.435. The van der Waals surface area contributed by atoms with Crippen molar-refractivity contribution in [2.75, 3.05) is 20.3 Å². The van der Waals surface area contributed by atoms with E-state index >= 15 is 0 Å². The Hall–Kier alpha value is -4.14. The second-order valence-electron chi connectivity index (χ2n) is 17.7. The van der Waals surface area contributed by atoms with Crippen molar-refractivity contribution in [1.29, 1.82) is 0 Å². The van der Waals surface area contributed by atoms with E-state index in [1.54, 1.807) is 20.2 Å². The molecule has 0 aliphatic carbocycles. The maximum atomic E-state index is 14.2. The zero-order valence-corrected chi connectivity index (χ0v) is 36.9. The Morgan fingerprint density at radius 3 is 1.75 bits per heavy atom. The van der Waals surface area contributed by atoms with Gasteiger partial charge in [-0.15, -0.1) is 0 Å². The lowest BCUT2D eigenvalue weighted by Crippen LogP contribution is -2.44. The maximum absolute atomic E-state index is 14.2.